The van der Waals surface area contributed by atoms with Gasteiger partial charge in [0.1, 0.15) is 0 Å². The number of carbonyl (C=O) groups excluding carboxylic acids is 1. The van der Waals surface area contributed by atoms with E-state index in [2.05, 4.69) is 6.58 Å². The molecule has 1 fully saturated rings. The zero-order valence-electron chi connectivity index (χ0n) is 9.34. The molecule has 0 radical (unpaired) electrons. The van der Waals surface area contributed by atoms with Crippen LogP contribution in [0.25, 0.3) is 0 Å². The van der Waals surface area contributed by atoms with Gasteiger partial charge in [-0.15, -0.1) is 0 Å². The molecule has 0 saturated carbocycles. The largest absolute Gasteiger partial charge is 0.402 e. The summed E-state index contributed by atoms with van der Waals surface area (Å²) in [6.45, 7) is 11.1. The van der Waals surface area contributed by atoms with Gasteiger partial charge in [0.2, 0.25) is 5.91 Å². The molecule has 0 aromatic heterocycles. The summed E-state index contributed by atoms with van der Waals surface area (Å²) < 4.78 is 0. The van der Waals surface area contributed by atoms with Crippen molar-refractivity contribution >= 4 is 5.91 Å². The average Bonchev–Trinajstić information content (AvgIpc) is 2.48. The minimum Gasteiger partial charge on any atom is -0.402 e. The predicted molar refractivity (Wildman–Crippen MR) is 57.5 cm³/mol. The lowest BCUT2D eigenvalue weighted by atomic mass is 9.95. The highest BCUT2D eigenvalue weighted by atomic mass is 16.2. The van der Waals surface area contributed by atoms with Crippen molar-refractivity contribution in [2.24, 2.45) is 17.1 Å². The summed E-state index contributed by atoms with van der Waals surface area (Å²) in [4.78, 5) is 13.8. The van der Waals surface area contributed by atoms with Crippen LogP contribution in [0.2, 0.25) is 0 Å². The molecular formula is C11H20N2O. The second-order valence-corrected chi connectivity index (χ2v) is 5.06. The Morgan fingerprint density at radius 1 is 1.50 bits per heavy atom. The number of nitrogens with two attached hydrogens (primary N) is 1. The molecule has 0 aromatic rings. The van der Waals surface area contributed by atoms with E-state index in [1.807, 2.05) is 25.7 Å². The topological polar surface area (TPSA) is 46.3 Å². The van der Waals surface area contributed by atoms with Crippen LogP contribution in [-0.4, -0.2) is 23.9 Å². The van der Waals surface area contributed by atoms with Gasteiger partial charge in [-0.25, -0.2) is 0 Å². The van der Waals surface area contributed by atoms with Crippen molar-refractivity contribution in [3.05, 3.63) is 12.3 Å². The first kappa shape index (κ1) is 11.1. The number of hydrogen-bond acceptors (Lipinski definition) is 2. The van der Waals surface area contributed by atoms with E-state index in [1.165, 1.54) is 0 Å². The van der Waals surface area contributed by atoms with Crippen molar-refractivity contribution in [1.29, 1.82) is 0 Å². The molecule has 1 aliphatic rings. The minimum atomic E-state index is -0.287. The molecule has 1 amide bonds. The van der Waals surface area contributed by atoms with Gasteiger partial charge in [-0.3, -0.25) is 4.79 Å². The summed E-state index contributed by atoms with van der Waals surface area (Å²) in [5.74, 6) is 0.502. The molecule has 1 aliphatic heterocycles. The van der Waals surface area contributed by atoms with Crippen LogP contribution >= 0.6 is 0 Å². The van der Waals surface area contributed by atoms with Gasteiger partial charge in [-0.2, -0.15) is 0 Å². The number of hydrogen-bond donors (Lipinski definition) is 1. The third kappa shape index (κ3) is 2.28. The third-order valence-corrected chi connectivity index (χ3v) is 2.64. The monoisotopic (exact) mass is 196 g/mol. The van der Waals surface area contributed by atoms with Gasteiger partial charge in [-0.1, -0.05) is 27.4 Å². The van der Waals surface area contributed by atoms with Crippen molar-refractivity contribution in [2.75, 3.05) is 13.1 Å². The van der Waals surface area contributed by atoms with E-state index in [0.29, 0.717) is 11.6 Å². The van der Waals surface area contributed by atoms with Gasteiger partial charge in [0.25, 0.3) is 0 Å². The maximum atomic E-state index is 11.9. The van der Waals surface area contributed by atoms with Crippen LogP contribution in [-0.2, 0) is 4.79 Å². The fraction of sp³-hybridized carbons (Fsp3) is 0.727. The van der Waals surface area contributed by atoms with Crippen molar-refractivity contribution in [2.45, 2.75) is 27.2 Å². The highest BCUT2D eigenvalue weighted by molar-refractivity contribution is 5.81. The molecule has 1 unspecified atom stereocenters. The Balaban J connectivity index is 2.59. The van der Waals surface area contributed by atoms with Crippen LogP contribution in [0.3, 0.4) is 0 Å². The van der Waals surface area contributed by atoms with Crippen molar-refractivity contribution in [3.63, 3.8) is 0 Å². The molecule has 1 heterocycles. The zero-order valence-corrected chi connectivity index (χ0v) is 9.34. The van der Waals surface area contributed by atoms with Crippen LogP contribution in [0.1, 0.15) is 27.2 Å². The van der Waals surface area contributed by atoms with Crippen molar-refractivity contribution in [1.82, 2.24) is 4.90 Å². The Morgan fingerprint density at radius 2 is 2.07 bits per heavy atom. The first-order chi connectivity index (χ1) is 6.32. The lowest BCUT2D eigenvalue weighted by molar-refractivity contribution is -0.138. The average molecular weight is 196 g/mol. The van der Waals surface area contributed by atoms with E-state index in [0.717, 1.165) is 19.5 Å². The van der Waals surface area contributed by atoms with Crippen LogP contribution in [0.4, 0.5) is 0 Å². The fourth-order valence-electron chi connectivity index (χ4n) is 1.72. The normalized spacial score (nSPS) is 22.5. The predicted octanol–water partition coefficient (Wildman–Crippen LogP) is 1.35. The van der Waals surface area contributed by atoms with Gasteiger partial charge in [0, 0.05) is 30.1 Å². The van der Waals surface area contributed by atoms with E-state index in [9.17, 15) is 4.79 Å². The molecule has 1 rings (SSSR count). The Morgan fingerprint density at radius 3 is 2.43 bits per heavy atom. The number of nitrogens with zero attached hydrogens (tertiary/aromatic N) is 1. The first-order valence-corrected chi connectivity index (χ1v) is 5.06. The van der Waals surface area contributed by atoms with Gasteiger partial charge < -0.3 is 10.6 Å². The third-order valence-electron chi connectivity index (χ3n) is 2.64. The van der Waals surface area contributed by atoms with Gasteiger partial charge in [0.15, 0.2) is 0 Å². The lowest BCUT2D eigenvalue weighted by Crippen LogP contribution is -2.38. The van der Waals surface area contributed by atoms with Crippen molar-refractivity contribution < 1.29 is 4.79 Å². The molecule has 14 heavy (non-hydrogen) atoms. The van der Waals surface area contributed by atoms with E-state index >= 15 is 0 Å². The molecule has 1 saturated heterocycles. The molecule has 0 bridgehead atoms. The molecule has 3 nitrogen and oxygen atoms in total. The maximum absolute atomic E-state index is 11.9. The summed E-state index contributed by atoms with van der Waals surface area (Å²) in [6, 6.07) is 0. The quantitative estimate of drug-likeness (QED) is 0.688. The van der Waals surface area contributed by atoms with E-state index in [4.69, 9.17) is 5.73 Å². The second kappa shape index (κ2) is 3.64. The Kier molecular flexibility index (Phi) is 2.88. The van der Waals surface area contributed by atoms with Crippen LogP contribution in [0.5, 0.6) is 0 Å². The standard InChI is InChI=1S/C11H20N2O/c1-8(12)9-5-6-13(7-9)10(14)11(2,3)4/h9H,1,5-7,12H2,2-4H3. The SMILES string of the molecule is C=C(N)C1CCN(C(=O)C(C)(C)C)C1. The molecule has 0 aliphatic carbocycles. The molecular weight excluding hydrogens is 176 g/mol. The van der Waals surface area contributed by atoms with Gasteiger partial charge >= 0.3 is 0 Å². The number of likely N-dealkylation sites (tertiary alicyclic amines) is 1. The Bertz CT molecular complexity index is 253. The number of carbonyl (C=O) groups is 1. The summed E-state index contributed by atoms with van der Waals surface area (Å²) >= 11 is 0. The fourth-order valence-corrected chi connectivity index (χ4v) is 1.72. The zero-order chi connectivity index (χ0) is 10.9. The molecule has 0 spiro atoms. The van der Waals surface area contributed by atoms with E-state index in [-0.39, 0.29) is 11.3 Å². The highest BCUT2D eigenvalue weighted by Crippen LogP contribution is 2.25. The molecule has 3 heteroatoms. The highest BCUT2D eigenvalue weighted by Gasteiger charge is 2.32. The van der Waals surface area contributed by atoms with E-state index in [1.54, 1.807) is 0 Å². The summed E-state index contributed by atoms with van der Waals surface area (Å²) in [5.41, 5.74) is 6.05. The first-order valence-electron chi connectivity index (χ1n) is 5.06. The minimum absolute atomic E-state index is 0.209. The van der Waals surface area contributed by atoms with Crippen LogP contribution in [0, 0.1) is 11.3 Å². The van der Waals surface area contributed by atoms with Crippen molar-refractivity contribution in [3.8, 4) is 0 Å². The lowest BCUT2D eigenvalue weighted by Gasteiger charge is -2.25. The number of amides is 1. The second-order valence-electron chi connectivity index (χ2n) is 5.06. The summed E-state index contributed by atoms with van der Waals surface area (Å²) in [6.07, 6.45) is 0.956. The molecule has 80 valence electrons. The summed E-state index contributed by atoms with van der Waals surface area (Å²) in [5, 5.41) is 0. The smallest absolute Gasteiger partial charge is 0.227 e. The summed E-state index contributed by atoms with van der Waals surface area (Å²) in [7, 11) is 0. The molecule has 1 atom stereocenters. The maximum Gasteiger partial charge on any atom is 0.227 e. The van der Waals surface area contributed by atoms with Crippen LogP contribution < -0.4 is 5.73 Å². The van der Waals surface area contributed by atoms with Gasteiger partial charge in [-0.05, 0) is 6.42 Å². The Hall–Kier alpha value is -0.990. The molecule has 0 aromatic carbocycles. The van der Waals surface area contributed by atoms with E-state index < -0.39 is 0 Å². The Labute approximate surface area is 86.0 Å². The van der Waals surface area contributed by atoms with Gasteiger partial charge in [0.05, 0.1) is 0 Å². The number of rotatable bonds is 1. The van der Waals surface area contributed by atoms with Crippen LogP contribution in [0.15, 0.2) is 12.3 Å². The molecule has 2 N–H and O–H groups in total.